The van der Waals surface area contributed by atoms with Crippen molar-refractivity contribution in [3.8, 4) is 5.75 Å². The number of aromatic amines is 1. The first-order valence-corrected chi connectivity index (χ1v) is 12.0. The minimum atomic E-state index is 0.250. The van der Waals surface area contributed by atoms with Crippen LogP contribution in [0.4, 0.5) is 17.5 Å². The number of anilines is 3. The van der Waals surface area contributed by atoms with Gasteiger partial charge in [0, 0.05) is 43.1 Å². The molecule has 0 unspecified atom stereocenters. The fourth-order valence-corrected chi connectivity index (χ4v) is 4.77. The second-order valence-corrected chi connectivity index (χ2v) is 9.58. The highest BCUT2D eigenvalue weighted by Gasteiger charge is 2.22. The van der Waals surface area contributed by atoms with E-state index in [1.54, 1.807) is 7.11 Å². The Morgan fingerprint density at radius 3 is 2.55 bits per heavy atom. The smallest absolute Gasteiger partial charge is 0.204 e. The number of methoxy groups -OCH3 is 1. The first-order valence-electron chi connectivity index (χ1n) is 11.1. The van der Waals surface area contributed by atoms with Crippen molar-refractivity contribution in [3.63, 3.8) is 0 Å². The number of ether oxygens (including phenoxy) is 1. The monoisotopic (exact) mass is 466 g/mol. The van der Waals surface area contributed by atoms with E-state index >= 15 is 0 Å². The van der Waals surface area contributed by atoms with Gasteiger partial charge in [-0.2, -0.15) is 5.10 Å². The van der Waals surface area contributed by atoms with E-state index in [0.29, 0.717) is 40.6 Å². The molecule has 1 aliphatic carbocycles. The summed E-state index contributed by atoms with van der Waals surface area (Å²) in [4.78, 5) is 24.8. The van der Waals surface area contributed by atoms with Crippen molar-refractivity contribution in [3.05, 3.63) is 41.6 Å². The van der Waals surface area contributed by atoms with Gasteiger partial charge in [-0.15, -0.1) is 0 Å². The van der Waals surface area contributed by atoms with Crippen molar-refractivity contribution in [1.29, 1.82) is 0 Å². The lowest BCUT2D eigenvalue weighted by Crippen LogP contribution is -2.14. The number of carbonyl (C=O) groups excluding carboxylic acids is 1. The lowest BCUT2D eigenvalue weighted by molar-refractivity contribution is -0.122. The third kappa shape index (κ3) is 5.65. The predicted molar refractivity (Wildman–Crippen MR) is 131 cm³/mol. The van der Waals surface area contributed by atoms with Gasteiger partial charge in [0.2, 0.25) is 5.75 Å². The number of nitrogens with one attached hydrogen (secondary N) is 2. The zero-order chi connectivity index (χ0) is 23.4. The summed E-state index contributed by atoms with van der Waals surface area (Å²) in [7, 11) is 5.43. The summed E-state index contributed by atoms with van der Waals surface area (Å²) in [5.74, 6) is 3.03. The van der Waals surface area contributed by atoms with Crippen molar-refractivity contribution in [2.45, 2.75) is 49.1 Å². The standard InChI is InChI=1S/C24H30N6O2S/c1-15-13-20(29-28-15)25-22-21(32-4)23(30(2)3)27-24(26-22)33-18-11-9-16(10-12-18)14-19(31)17-7-5-6-8-17/h9-13,17H,5-8,14H2,1-4H3,(H2,25,26,27,28,29). The highest BCUT2D eigenvalue weighted by atomic mass is 32.2. The molecule has 1 saturated carbocycles. The molecule has 2 N–H and O–H groups in total. The largest absolute Gasteiger partial charge is 0.490 e. The molecule has 0 saturated heterocycles. The van der Waals surface area contributed by atoms with Gasteiger partial charge in [-0.25, -0.2) is 9.97 Å². The van der Waals surface area contributed by atoms with E-state index in [1.807, 2.05) is 56.3 Å². The Hall–Kier alpha value is -3.07. The number of aryl methyl sites for hydroxylation is 1. The molecular formula is C24H30N6O2S. The summed E-state index contributed by atoms with van der Waals surface area (Å²) in [6, 6.07) is 9.99. The maximum atomic E-state index is 12.5. The van der Waals surface area contributed by atoms with Crippen molar-refractivity contribution < 1.29 is 9.53 Å². The van der Waals surface area contributed by atoms with Crippen LogP contribution in [0.2, 0.25) is 0 Å². The zero-order valence-electron chi connectivity index (χ0n) is 19.5. The molecule has 0 amide bonds. The van der Waals surface area contributed by atoms with Crippen LogP contribution < -0.4 is 15.0 Å². The number of carbonyl (C=O) groups is 1. The number of nitrogens with zero attached hydrogens (tertiary/aromatic N) is 4. The van der Waals surface area contributed by atoms with Crippen LogP contribution in [0, 0.1) is 12.8 Å². The van der Waals surface area contributed by atoms with Gasteiger partial charge in [0.05, 0.1) is 7.11 Å². The van der Waals surface area contributed by atoms with Crippen LogP contribution in [0.1, 0.15) is 36.9 Å². The summed E-state index contributed by atoms with van der Waals surface area (Å²) < 4.78 is 5.61. The minimum absolute atomic E-state index is 0.250. The Morgan fingerprint density at radius 1 is 1.21 bits per heavy atom. The van der Waals surface area contributed by atoms with Crippen molar-refractivity contribution in [1.82, 2.24) is 20.2 Å². The number of H-pyrrole nitrogens is 1. The van der Waals surface area contributed by atoms with Gasteiger partial charge in [0.25, 0.3) is 0 Å². The van der Waals surface area contributed by atoms with Gasteiger partial charge in [-0.1, -0.05) is 25.0 Å². The van der Waals surface area contributed by atoms with E-state index in [0.717, 1.165) is 29.0 Å². The molecule has 33 heavy (non-hydrogen) atoms. The fourth-order valence-electron chi connectivity index (χ4n) is 4.02. The normalized spacial score (nSPS) is 13.8. The summed E-state index contributed by atoms with van der Waals surface area (Å²) in [5.41, 5.74) is 2.00. The quantitative estimate of drug-likeness (QED) is 0.435. The molecule has 0 aliphatic heterocycles. The summed E-state index contributed by atoms with van der Waals surface area (Å²) >= 11 is 1.46. The molecule has 3 aromatic rings. The van der Waals surface area contributed by atoms with E-state index < -0.39 is 0 Å². The average Bonchev–Trinajstić information content (AvgIpc) is 3.47. The predicted octanol–water partition coefficient (Wildman–Crippen LogP) is 4.78. The molecule has 0 bridgehead atoms. The van der Waals surface area contributed by atoms with E-state index in [-0.39, 0.29) is 5.92 Å². The fraction of sp³-hybridized carbons (Fsp3) is 0.417. The second-order valence-electron chi connectivity index (χ2n) is 8.54. The van der Waals surface area contributed by atoms with E-state index in [4.69, 9.17) is 14.7 Å². The van der Waals surface area contributed by atoms with Crippen molar-refractivity contribution in [2.24, 2.45) is 5.92 Å². The molecular weight excluding hydrogens is 436 g/mol. The first kappa shape index (κ1) is 23.1. The van der Waals surface area contributed by atoms with Gasteiger partial charge in [-0.3, -0.25) is 9.89 Å². The minimum Gasteiger partial charge on any atom is -0.490 e. The maximum absolute atomic E-state index is 12.5. The first-order chi connectivity index (χ1) is 15.9. The van der Waals surface area contributed by atoms with Crippen LogP contribution in [0.25, 0.3) is 0 Å². The molecule has 0 spiro atoms. The van der Waals surface area contributed by atoms with E-state index in [1.165, 1.54) is 24.6 Å². The summed E-state index contributed by atoms with van der Waals surface area (Å²) in [6.07, 6.45) is 4.96. The molecule has 9 heteroatoms. The molecule has 1 fully saturated rings. The Kier molecular flexibility index (Phi) is 7.17. The molecule has 0 atom stereocenters. The van der Waals surface area contributed by atoms with Crippen LogP contribution in [-0.4, -0.2) is 47.2 Å². The zero-order valence-corrected chi connectivity index (χ0v) is 20.3. The molecule has 8 nitrogen and oxygen atoms in total. The number of hydrogen-bond donors (Lipinski definition) is 2. The lowest BCUT2D eigenvalue weighted by Gasteiger charge is -2.19. The molecule has 1 aliphatic rings. The van der Waals surface area contributed by atoms with Crippen LogP contribution in [-0.2, 0) is 11.2 Å². The van der Waals surface area contributed by atoms with E-state index in [2.05, 4.69) is 15.5 Å². The van der Waals surface area contributed by atoms with Gasteiger partial charge in [0.1, 0.15) is 5.78 Å². The Morgan fingerprint density at radius 2 is 1.94 bits per heavy atom. The highest BCUT2D eigenvalue weighted by Crippen LogP contribution is 2.37. The van der Waals surface area contributed by atoms with Gasteiger partial charge < -0.3 is 15.0 Å². The third-order valence-electron chi connectivity index (χ3n) is 5.73. The van der Waals surface area contributed by atoms with Crippen LogP contribution >= 0.6 is 11.8 Å². The van der Waals surface area contributed by atoms with Crippen molar-refractivity contribution >= 4 is 35.0 Å². The van der Waals surface area contributed by atoms with Crippen molar-refractivity contribution in [2.75, 3.05) is 31.4 Å². The topological polar surface area (TPSA) is 96.0 Å². The van der Waals surface area contributed by atoms with Crippen LogP contribution in [0.3, 0.4) is 0 Å². The van der Waals surface area contributed by atoms with Crippen LogP contribution in [0.15, 0.2) is 40.4 Å². The molecule has 174 valence electrons. The maximum Gasteiger partial charge on any atom is 0.204 e. The number of rotatable bonds is 9. The lowest BCUT2D eigenvalue weighted by atomic mass is 9.97. The number of ketones is 1. The van der Waals surface area contributed by atoms with Gasteiger partial charge >= 0.3 is 0 Å². The molecule has 1 aromatic carbocycles. The molecule has 2 heterocycles. The number of benzene rings is 1. The summed E-state index contributed by atoms with van der Waals surface area (Å²) in [6.45, 7) is 1.94. The number of hydrogen-bond acceptors (Lipinski definition) is 8. The summed E-state index contributed by atoms with van der Waals surface area (Å²) in [5, 5.41) is 11.0. The van der Waals surface area contributed by atoms with Gasteiger partial charge in [-0.05, 0) is 49.2 Å². The molecule has 2 aromatic heterocycles. The molecule has 4 rings (SSSR count). The Bertz CT molecular complexity index is 1110. The third-order valence-corrected chi connectivity index (χ3v) is 6.60. The Labute approximate surface area is 198 Å². The van der Waals surface area contributed by atoms with E-state index in [9.17, 15) is 4.79 Å². The second kappa shape index (κ2) is 10.2. The SMILES string of the molecule is COc1c(Nc2cc(C)[nH]n2)nc(Sc2ccc(CC(=O)C3CCCC3)cc2)nc1N(C)C. The number of Topliss-reactive ketones (excluding diaryl/α,β-unsaturated/α-hetero) is 1. The number of aromatic nitrogens is 4. The van der Waals surface area contributed by atoms with Gasteiger partial charge in [0.15, 0.2) is 22.6 Å². The van der Waals surface area contributed by atoms with Crippen LogP contribution in [0.5, 0.6) is 5.75 Å². The Balaban J connectivity index is 1.53. The average molecular weight is 467 g/mol. The molecule has 0 radical (unpaired) electrons. The highest BCUT2D eigenvalue weighted by molar-refractivity contribution is 7.99.